The number of hydrogen-bond donors (Lipinski definition) is 0. The van der Waals surface area contributed by atoms with Gasteiger partial charge in [-0.3, -0.25) is 9.59 Å². The molecule has 0 radical (unpaired) electrons. The number of carbonyl (C=O) groups excluding carboxylic acids is 2. The van der Waals surface area contributed by atoms with Gasteiger partial charge in [-0.15, -0.1) is 0 Å². The van der Waals surface area contributed by atoms with E-state index in [1.54, 1.807) is 13.0 Å². The van der Waals surface area contributed by atoms with E-state index >= 15 is 0 Å². The van der Waals surface area contributed by atoms with Gasteiger partial charge in [-0.25, -0.2) is 0 Å². The van der Waals surface area contributed by atoms with Crippen LogP contribution < -0.4 is 0 Å². The number of hydrogen-bond acceptors (Lipinski definition) is 2. The Morgan fingerprint density at radius 1 is 1.13 bits per heavy atom. The summed E-state index contributed by atoms with van der Waals surface area (Å²) in [5, 5.41) is 0. The molecule has 3 aliphatic rings. The largest absolute Gasteiger partial charge is 0.309 e. The fourth-order valence-electron chi connectivity index (χ4n) is 4.74. The van der Waals surface area contributed by atoms with Crippen LogP contribution in [0.4, 0.5) is 0 Å². The lowest BCUT2D eigenvalue weighted by Gasteiger charge is -2.34. The Hall–Kier alpha value is -2.16. The van der Waals surface area contributed by atoms with Gasteiger partial charge in [0.25, 0.3) is 0 Å². The molecule has 2 bridgehead atoms. The van der Waals surface area contributed by atoms with E-state index in [-0.39, 0.29) is 29.6 Å². The number of allylic oxidation sites excluding steroid dienone is 4. The Labute approximate surface area is 136 Å². The lowest BCUT2D eigenvalue weighted by Crippen LogP contribution is -2.35. The number of rotatable bonds is 3. The number of nitrogens with zero attached hydrogens (tertiary/aromatic N) is 1. The minimum Gasteiger partial charge on any atom is -0.309 e. The summed E-state index contributed by atoms with van der Waals surface area (Å²) in [6, 6.07) is 9.97. The highest BCUT2D eigenvalue weighted by atomic mass is 16.2. The molecule has 0 aliphatic heterocycles. The van der Waals surface area contributed by atoms with E-state index in [4.69, 9.17) is 0 Å². The summed E-state index contributed by atoms with van der Waals surface area (Å²) in [5.41, 5.74) is 2.03. The summed E-state index contributed by atoms with van der Waals surface area (Å²) in [6.45, 7) is 3.64. The zero-order valence-electron chi connectivity index (χ0n) is 13.5. The molecule has 0 saturated heterocycles. The van der Waals surface area contributed by atoms with Crippen molar-refractivity contribution in [3.05, 3.63) is 59.8 Å². The van der Waals surface area contributed by atoms with E-state index in [0.717, 1.165) is 17.7 Å². The maximum Gasteiger partial charge on any atom is 0.224 e. The minimum absolute atomic E-state index is 0.00723. The molecule has 4 rings (SSSR count). The second-order valence-corrected chi connectivity index (χ2v) is 6.95. The first-order valence-electron chi connectivity index (χ1n) is 8.36. The van der Waals surface area contributed by atoms with Crippen LogP contribution in [0.3, 0.4) is 0 Å². The molecule has 0 heterocycles. The van der Waals surface area contributed by atoms with Crippen LogP contribution in [0.15, 0.2) is 54.3 Å². The average Bonchev–Trinajstić information content (AvgIpc) is 3.22. The summed E-state index contributed by atoms with van der Waals surface area (Å²) in [4.78, 5) is 26.7. The molecule has 1 aromatic carbocycles. The predicted octanol–water partition coefficient (Wildman–Crippen LogP) is 3.50. The molecular formula is C20H21NO2. The molecule has 23 heavy (non-hydrogen) atoms. The summed E-state index contributed by atoms with van der Waals surface area (Å²) in [7, 11) is 0. The van der Waals surface area contributed by atoms with Gasteiger partial charge in [0.1, 0.15) is 0 Å². The molecule has 3 aliphatic carbocycles. The van der Waals surface area contributed by atoms with Gasteiger partial charge in [-0.05, 0) is 30.7 Å². The lowest BCUT2D eigenvalue weighted by atomic mass is 9.83. The Bertz CT molecular complexity index is 718. The maximum atomic E-state index is 12.5. The zero-order chi connectivity index (χ0) is 16.1. The number of fused-ring (bicyclic) bond motifs is 5. The molecule has 1 fully saturated rings. The number of benzene rings is 1. The smallest absolute Gasteiger partial charge is 0.224 e. The van der Waals surface area contributed by atoms with Crippen molar-refractivity contribution in [1.82, 2.24) is 4.90 Å². The van der Waals surface area contributed by atoms with Crippen molar-refractivity contribution < 1.29 is 9.59 Å². The first-order valence-corrected chi connectivity index (χ1v) is 8.36. The van der Waals surface area contributed by atoms with Crippen molar-refractivity contribution in [1.29, 1.82) is 0 Å². The highest BCUT2D eigenvalue weighted by Gasteiger charge is 2.54. The number of amides is 1. The van der Waals surface area contributed by atoms with Crippen molar-refractivity contribution >= 4 is 11.7 Å². The molecule has 5 atom stereocenters. The van der Waals surface area contributed by atoms with Gasteiger partial charge < -0.3 is 4.90 Å². The van der Waals surface area contributed by atoms with Gasteiger partial charge in [0, 0.05) is 30.5 Å². The summed E-state index contributed by atoms with van der Waals surface area (Å²) >= 11 is 0. The minimum atomic E-state index is -0.0605. The SMILES string of the molecule is CC(=O)N(C1=CC(=O)[C@@H]2[C@H]1[C@@H]1C=C[C@H]2C1)[C@H](C)c1ccccc1. The van der Waals surface area contributed by atoms with E-state index in [9.17, 15) is 9.59 Å². The molecular weight excluding hydrogens is 286 g/mol. The van der Waals surface area contributed by atoms with Gasteiger partial charge in [-0.2, -0.15) is 0 Å². The van der Waals surface area contributed by atoms with E-state index in [0.29, 0.717) is 11.8 Å². The lowest BCUT2D eigenvalue weighted by molar-refractivity contribution is -0.129. The molecule has 3 nitrogen and oxygen atoms in total. The quantitative estimate of drug-likeness (QED) is 0.802. The molecule has 0 N–H and O–H groups in total. The normalized spacial score (nSPS) is 31.9. The third kappa shape index (κ3) is 2.10. The topological polar surface area (TPSA) is 37.4 Å². The molecule has 1 aromatic rings. The van der Waals surface area contributed by atoms with Gasteiger partial charge in [0.2, 0.25) is 5.91 Å². The second kappa shape index (κ2) is 5.19. The Morgan fingerprint density at radius 3 is 2.43 bits per heavy atom. The molecule has 1 saturated carbocycles. The van der Waals surface area contributed by atoms with E-state index in [1.807, 2.05) is 42.2 Å². The Balaban J connectivity index is 1.71. The van der Waals surface area contributed by atoms with Gasteiger partial charge in [0.15, 0.2) is 5.78 Å². The van der Waals surface area contributed by atoms with E-state index < -0.39 is 0 Å². The molecule has 3 heteroatoms. The van der Waals surface area contributed by atoms with Crippen molar-refractivity contribution in [2.24, 2.45) is 23.7 Å². The highest BCUT2D eigenvalue weighted by molar-refractivity contribution is 5.97. The van der Waals surface area contributed by atoms with E-state index in [1.165, 1.54) is 0 Å². The van der Waals surface area contributed by atoms with Crippen LogP contribution in [0.2, 0.25) is 0 Å². The molecule has 1 amide bonds. The molecule has 0 aromatic heterocycles. The van der Waals surface area contributed by atoms with Crippen LogP contribution in [0.5, 0.6) is 0 Å². The number of ketones is 1. The molecule has 0 unspecified atom stereocenters. The molecule has 118 valence electrons. The molecule has 0 spiro atoms. The highest BCUT2D eigenvalue weighted by Crippen LogP contribution is 2.55. The van der Waals surface area contributed by atoms with Crippen LogP contribution in [-0.4, -0.2) is 16.6 Å². The summed E-state index contributed by atoms with van der Waals surface area (Å²) < 4.78 is 0. The van der Waals surface area contributed by atoms with Gasteiger partial charge in [0.05, 0.1) is 6.04 Å². The third-order valence-corrected chi connectivity index (χ3v) is 5.71. The van der Waals surface area contributed by atoms with Crippen molar-refractivity contribution in [2.45, 2.75) is 26.3 Å². The summed E-state index contributed by atoms with van der Waals surface area (Å²) in [5.74, 6) is 1.23. The van der Waals surface area contributed by atoms with Crippen LogP contribution in [0, 0.1) is 23.7 Å². The standard InChI is InChI=1S/C20H21NO2/c1-12(14-6-4-3-5-7-14)21(13(2)22)17-11-18(23)20-16-9-8-15(10-16)19(17)20/h3-9,11-12,15-16,19-20H,10H2,1-2H3/t12-,15-,16+,19+,20-/m1/s1. The van der Waals surface area contributed by atoms with Crippen LogP contribution >= 0.6 is 0 Å². The monoisotopic (exact) mass is 307 g/mol. The fourth-order valence-corrected chi connectivity index (χ4v) is 4.74. The van der Waals surface area contributed by atoms with Gasteiger partial charge in [-0.1, -0.05) is 42.5 Å². The Kier molecular flexibility index (Phi) is 3.26. The number of carbonyl (C=O) groups is 2. The predicted molar refractivity (Wildman–Crippen MR) is 88.2 cm³/mol. The van der Waals surface area contributed by atoms with Gasteiger partial charge >= 0.3 is 0 Å². The van der Waals surface area contributed by atoms with Crippen LogP contribution in [0.1, 0.15) is 31.9 Å². The summed E-state index contributed by atoms with van der Waals surface area (Å²) in [6.07, 6.45) is 7.23. The Morgan fingerprint density at radius 2 is 1.78 bits per heavy atom. The maximum absolute atomic E-state index is 12.5. The van der Waals surface area contributed by atoms with Crippen LogP contribution in [0.25, 0.3) is 0 Å². The first-order chi connectivity index (χ1) is 11.1. The fraction of sp³-hybridized carbons (Fsp3) is 0.400. The zero-order valence-corrected chi connectivity index (χ0v) is 13.5. The van der Waals surface area contributed by atoms with Crippen LogP contribution in [-0.2, 0) is 9.59 Å². The second-order valence-electron chi connectivity index (χ2n) is 6.95. The van der Waals surface area contributed by atoms with Crippen molar-refractivity contribution in [3.8, 4) is 0 Å². The van der Waals surface area contributed by atoms with Crippen molar-refractivity contribution in [3.63, 3.8) is 0 Å². The average molecular weight is 307 g/mol. The van der Waals surface area contributed by atoms with E-state index in [2.05, 4.69) is 12.2 Å². The van der Waals surface area contributed by atoms with Crippen molar-refractivity contribution in [2.75, 3.05) is 0 Å². The first kappa shape index (κ1) is 14.4. The third-order valence-electron chi connectivity index (χ3n) is 5.71.